The summed E-state index contributed by atoms with van der Waals surface area (Å²) in [5.41, 5.74) is 7.21. The first-order valence-corrected chi connectivity index (χ1v) is 6.25. The molecule has 17 heavy (non-hydrogen) atoms. The van der Waals surface area contributed by atoms with Crippen molar-refractivity contribution in [3.05, 3.63) is 39.8 Å². The molecule has 0 saturated carbocycles. The Morgan fingerprint density at radius 3 is 2.94 bits per heavy atom. The molecular weight excluding hydrogens is 304 g/mol. The van der Waals surface area contributed by atoms with Crippen molar-refractivity contribution in [3.63, 3.8) is 0 Å². The number of hydrogen-bond donors (Lipinski definition) is 2. The fraction of sp³-hybridized carbons (Fsp3) is 0.250. The van der Waals surface area contributed by atoms with Crippen LogP contribution in [0.3, 0.4) is 0 Å². The molecule has 3 N–H and O–H groups in total. The van der Waals surface area contributed by atoms with E-state index in [2.05, 4.69) is 27.8 Å². The van der Waals surface area contributed by atoms with Crippen LogP contribution in [0.4, 0.5) is 5.69 Å². The van der Waals surface area contributed by atoms with Crippen LogP contribution in [0.15, 0.2) is 29.3 Å². The van der Waals surface area contributed by atoms with Gasteiger partial charge in [-0.25, -0.2) is 0 Å². The predicted octanol–water partition coefficient (Wildman–Crippen LogP) is 3.25. The van der Waals surface area contributed by atoms with Crippen LogP contribution in [0.1, 0.15) is 12.0 Å². The number of amides is 1. The molecule has 1 unspecified atom stereocenters. The van der Waals surface area contributed by atoms with E-state index in [0.29, 0.717) is 17.1 Å². The quantitative estimate of drug-likeness (QED) is 0.838. The molecule has 0 aromatic heterocycles. The summed E-state index contributed by atoms with van der Waals surface area (Å²) in [6.45, 7) is 5.43. The lowest BCUT2D eigenvalue weighted by Gasteiger charge is -2.12. The summed E-state index contributed by atoms with van der Waals surface area (Å²) in [6, 6.07) is 2.94. The molecule has 3 nitrogen and oxygen atoms in total. The summed E-state index contributed by atoms with van der Waals surface area (Å²) in [5, 5.41) is 3.32. The molecule has 0 aliphatic rings. The van der Waals surface area contributed by atoms with Gasteiger partial charge in [0.05, 0.1) is 11.7 Å². The Labute approximate surface area is 114 Å². The van der Waals surface area contributed by atoms with Crippen LogP contribution in [0.5, 0.6) is 0 Å². The summed E-state index contributed by atoms with van der Waals surface area (Å²) in [6.07, 6.45) is 2.05. The Kier molecular flexibility index (Phi) is 5.18. The van der Waals surface area contributed by atoms with Crippen molar-refractivity contribution in [2.24, 2.45) is 5.73 Å². The third-order valence-electron chi connectivity index (χ3n) is 2.26. The van der Waals surface area contributed by atoms with Crippen molar-refractivity contribution in [2.75, 3.05) is 5.32 Å². The number of nitrogens with one attached hydrogen (secondary N) is 1. The van der Waals surface area contributed by atoms with E-state index in [9.17, 15) is 4.79 Å². The molecule has 0 heterocycles. The molecule has 0 radical (unpaired) electrons. The Balaban J connectivity index is 2.85. The predicted molar refractivity (Wildman–Crippen MR) is 75.3 cm³/mol. The minimum Gasteiger partial charge on any atom is -0.324 e. The first kappa shape index (κ1) is 14.2. The topological polar surface area (TPSA) is 55.1 Å². The van der Waals surface area contributed by atoms with E-state index < -0.39 is 6.04 Å². The van der Waals surface area contributed by atoms with Crippen molar-refractivity contribution >= 4 is 39.1 Å². The fourth-order valence-corrected chi connectivity index (χ4v) is 1.97. The molecule has 1 aromatic rings. The van der Waals surface area contributed by atoms with E-state index >= 15 is 0 Å². The minimum absolute atomic E-state index is 0.259. The molecule has 5 heteroatoms. The lowest BCUT2D eigenvalue weighted by molar-refractivity contribution is -0.117. The molecule has 0 bridgehead atoms. The van der Waals surface area contributed by atoms with Gasteiger partial charge >= 0.3 is 0 Å². The van der Waals surface area contributed by atoms with E-state index in [1.807, 2.05) is 13.0 Å². The van der Waals surface area contributed by atoms with Crippen molar-refractivity contribution in [2.45, 2.75) is 19.4 Å². The maximum Gasteiger partial charge on any atom is 0.241 e. The highest BCUT2D eigenvalue weighted by molar-refractivity contribution is 9.10. The van der Waals surface area contributed by atoms with Gasteiger partial charge in [-0.05, 0) is 47.0 Å². The van der Waals surface area contributed by atoms with Gasteiger partial charge in [-0.15, -0.1) is 6.58 Å². The standard InChI is InChI=1S/C12H14BrClN2O/c1-3-4-10(15)12(17)16-11-6-9(14)7(2)5-8(11)13/h3,5-6,10H,1,4,15H2,2H3,(H,16,17). The number of halogens is 2. The van der Waals surface area contributed by atoms with Crippen LogP contribution in [0.2, 0.25) is 5.02 Å². The van der Waals surface area contributed by atoms with Crippen LogP contribution < -0.4 is 11.1 Å². The molecule has 0 aliphatic carbocycles. The summed E-state index contributed by atoms with van der Waals surface area (Å²) < 4.78 is 0.776. The second-order valence-electron chi connectivity index (χ2n) is 3.70. The molecule has 1 amide bonds. The number of anilines is 1. The smallest absolute Gasteiger partial charge is 0.241 e. The molecular formula is C12H14BrClN2O. The number of aryl methyl sites for hydroxylation is 1. The SMILES string of the molecule is C=CCC(N)C(=O)Nc1cc(Cl)c(C)cc1Br. The molecule has 1 atom stereocenters. The van der Waals surface area contributed by atoms with Crippen molar-refractivity contribution in [1.82, 2.24) is 0 Å². The fourth-order valence-electron chi connectivity index (χ4n) is 1.25. The number of nitrogens with two attached hydrogens (primary N) is 1. The molecule has 0 saturated heterocycles. The highest BCUT2D eigenvalue weighted by Crippen LogP contribution is 2.29. The number of benzene rings is 1. The van der Waals surface area contributed by atoms with Gasteiger partial charge < -0.3 is 11.1 Å². The lowest BCUT2D eigenvalue weighted by Crippen LogP contribution is -2.35. The zero-order valence-corrected chi connectivity index (χ0v) is 11.8. The lowest BCUT2D eigenvalue weighted by atomic mass is 10.2. The van der Waals surface area contributed by atoms with Gasteiger partial charge in [-0.2, -0.15) is 0 Å². The third-order valence-corrected chi connectivity index (χ3v) is 3.33. The maximum absolute atomic E-state index is 11.7. The van der Waals surface area contributed by atoms with Gasteiger partial charge in [-0.1, -0.05) is 17.7 Å². The summed E-state index contributed by atoms with van der Waals surface area (Å²) >= 11 is 9.35. The molecule has 1 rings (SSSR count). The van der Waals surface area contributed by atoms with Crippen LogP contribution in [0, 0.1) is 6.92 Å². The first-order valence-electron chi connectivity index (χ1n) is 5.08. The molecule has 0 spiro atoms. The molecule has 92 valence electrons. The normalized spacial score (nSPS) is 12.0. The van der Waals surface area contributed by atoms with Gasteiger partial charge in [-0.3, -0.25) is 4.79 Å². The van der Waals surface area contributed by atoms with Crippen LogP contribution in [0.25, 0.3) is 0 Å². The molecule has 0 fully saturated rings. The Morgan fingerprint density at radius 2 is 2.35 bits per heavy atom. The second-order valence-corrected chi connectivity index (χ2v) is 4.96. The van der Waals surface area contributed by atoms with Crippen LogP contribution >= 0.6 is 27.5 Å². The van der Waals surface area contributed by atoms with E-state index in [-0.39, 0.29) is 5.91 Å². The largest absolute Gasteiger partial charge is 0.324 e. The Bertz CT molecular complexity index is 448. The average Bonchev–Trinajstić information content (AvgIpc) is 2.26. The van der Waals surface area contributed by atoms with E-state index in [4.69, 9.17) is 17.3 Å². The van der Waals surface area contributed by atoms with Gasteiger partial charge in [0, 0.05) is 9.50 Å². The van der Waals surface area contributed by atoms with Crippen molar-refractivity contribution in [3.8, 4) is 0 Å². The zero-order valence-electron chi connectivity index (χ0n) is 9.47. The summed E-state index contributed by atoms with van der Waals surface area (Å²) in [4.78, 5) is 11.7. The van der Waals surface area contributed by atoms with Crippen molar-refractivity contribution in [1.29, 1.82) is 0 Å². The van der Waals surface area contributed by atoms with Gasteiger partial charge in [0.2, 0.25) is 5.91 Å². The van der Waals surface area contributed by atoms with Gasteiger partial charge in [0.1, 0.15) is 0 Å². The van der Waals surface area contributed by atoms with E-state index in [1.165, 1.54) is 0 Å². The molecule has 0 aliphatic heterocycles. The Hall–Kier alpha value is -0.840. The minimum atomic E-state index is -0.598. The number of rotatable bonds is 4. The average molecular weight is 318 g/mol. The van der Waals surface area contributed by atoms with E-state index in [0.717, 1.165) is 10.0 Å². The highest BCUT2D eigenvalue weighted by atomic mass is 79.9. The van der Waals surface area contributed by atoms with Gasteiger partial charge in [0.15, 0.2) is 0 Å². The zero-order chi connectivity index (χ0) is 13.0. The van der Waals surface area contributed by atoms with Crippen LogP contribution in [-0.4, -0.2) is 11.9 Å². The van der Waals surface area contributed by atoms with E-state index in [1.54, 1.807) is 12.1 Å². The monoisotopic (exact) mass is 316 g/mol. The number of carbonyl (C=O) groups excluding carboxylic acids is 1. The Morgan fingerprint density at radius 1 is 1.71 bits per heavy atom. The number of carbonyl (C=O) groups is 1. The third kappa shape index (κ3) is 3.84. The first-order chi connectivity index (χ1) is 7.95. The highest BCUT2D eigenvalue weighted by Gasteiger charge is 2.13. The maximum atomic E-state index is 11.7. The summed E-state index contributed by atoms with van der Waals surface area (Å²) in [7, 11) is 0. The number of hydrogen-bond acceptors (Lipinski definition) is 2. The summed E-state index contributed by atoms with van der Waals surface area (Å²) in [5.74, 6) is -0.259. The second kappa shape index (κ2) is 6.19. The van der Waals surface area contributed by atoms with Gasteiger partial charge in [0.25, 0.3) is 0 Å². The molecule has 1 aromatic carbocycles. The van der Waals surface area contributed by atoms with Crippen LogP contribution in [-0.2, 0) is 4.79 Å². The van der Waals surface area contributed by atoms with Crippen molar-refractivity contribution < 1.29 is 4.79 Å².